The second-order valence-corrected chi connectivity index (χ2v) is 9.09. The lowest BCUT2D eigenvalue weighted by atomic mass is 10.0. The third kappa shape index (κ3) is 6.41. The minimum atomic E-state index is -1.23. The van der Waals surface area contributed by atoms with Crippen molar-refractivity contribution in [2.75, 3.05) is 18.0 Å². The van der Waals surface area contributed by atoms with Crippen LogP contribution in [0.15, 0.2) is 66.2 Å². The number of urea groups is 1. The van der Waals surface area contributed by atoms with Crippen LogP contribution in [0.3, 0.4) is 0 Å². The summed E-state index contributed by atoms with van der Waals surface area (Å²) in [4.78, 5) is 69.5. The van der Waals surface area contributed by atoms with Crippen molar-refractivity contribution in [1.29, 1.82) is 0 Å². The minimum absolute atomic E-state index is 0.0275. The van der Waals surface area contributed by atoms with Gasteiger partial charge in [-0.3, -0.25) is 29.0 Å². The highest BCUT2D eigenvalue weighted by Gasteiger charge is 2.38. The number of nitrogens with one attached hydrogen (secondary N) is 2. The molecular weight excluding hydrogens is 501 g/mol. The summed E-state index contributed by atoms with van der Waals surface area (Å²) < 4.78 is 13.2. The Hall–Kier alpha value is -4.45. The van der Waals surface area contributed by atoms with Crippen LogP contribution in [0.2, 0.25) is 0 Å². The number of thiazole rings is 1. The highest BCUT2D eigenvalue weighted by Crippen LogP contribution is 2.21. The highest BCUT2D eigenvalue weighted by atomic mass is 32.1. The first-order valence-electron chi connectivity index (χ1n) is 11.2. The number of Topliss-reactive ketones (excluding diaryl/α,β-unsaturated/α-hetero) is 1. The molecule has 1 aliphatic rings. The Morgan fingerprint density at radius 3 is 2.46 bits per heavy atom. The van der Waals surface area contributed by atoms with E-state index < -0.39 is 47.9 Å². The number of hydrogen-bond acceptors (Lipinski definition) is 7. The average Bonchev–Trinajstić information content (AvgIpc) is 3.51. The van der Waals surface area contributed by atoms with Gasteiger partial charge in [0, 0.05) is 23.7 Å². The van der Waals surface area contributed by atoms with Gasteiger partial charge in [0.15, 0.2) is 0 Å². The standard InChI is InChI=1S/C25H22FN5O5S/c26-17-6-8-18(9-7-17)30-15-22(33)31(25(30)36)14-20(32)29-19(12-16-4-2-1-3-5-16)23(34)24(35)28-13-21-27-10-11-37-21/h1-11,19H,12-15H2,(H,28,35)(H,29,32)/t19-/m1/s1. The molecule has 1 saturated heterocycles. The van der Waals surface area contributed by atoms with Crippen LogP contribution in [0.25, 0.3) is 0 Å². The molecule has 10 nitrogen and oxygen atoms in total. The van der Waals surface area contributed by atoms with E-state index >= 15 is 0 Å². The Bertz CT molecular complexity index is 1300. The molecule has 0 unspecified atom stereocenters. The van der Waals surface area contributed by atoms with E-state index in [2.05, 4.69) is 15.6 Å². The van der Waals surface area contributed by atoms with Gasteiger partial charge in [-0.05, 0) is 29.8 Å². The van der Waals surface area contributed by atoms with Crippen LogP contribution in [0.4, 0.5) is 14.9 Å². The molecule has 2 N–H and O–H groups in total. The van der Waals surface area contributed by atoms with Crippen LogP contribution in [0.1, 0.15) is 10.6 Å². The molecule has 5 amide bonds. The molecule has 1 atom stereocenters. The summed E-state index contributed by atoms with van der Waals surface area (Å²) in [6, 6.07) is 11.8. The number of amides is 5. The van der Waals surface area contributed by atoms with Gasteiger partial charge in [0.25, 0.3) is 11.8 Å². The molecule has 0 spiro atoms. The molecule has 1 fully saturated rings. The Morgan fingerprint density at radius 1 is 1.05 bits per heavy atom. The fraction of sp³-hybridized carbons (Fsp3) is 0.200. The van der Waals surface area contributed by atoms with Gasteiger partial charge in [0.2, 0.25) is 11.7 Å². The number of ketones is 1. The van der Waals surface area contributed by atoms with Crippen LogP contribution in [-0.2, 0) is 32.1 Å². The number of anilines is 1. The molecule has 0 bridgehead atoms. The molecule has 190 valence electrons. The number of carbonyl (C=O) groups is 5. The number of nitrogens with zero attached hydrogens (tertiary/aromatic N) is 3. The summed E-state index contributed by atoms with van der Waals surface area (Å²) in [5.41, 5.74) is 1.00. The number of imide groups is 1. The van der Waals surface area contributed by atoms with Gasteiger partial charge in [-0.2, -0.15) is 0 Å². The van der Waals surface area contributed by atoms with Crippen LogP contribution in [0, 0.1) is 5.82 Å². The second-order valence-electron chi connectivity index (χ2n) is 8.11. The van der Waals surface area contributed by atoms with E-state index in [1.807, 2.05) is 0 Å². The monoisotopic (exact) mass is 523 g/mol. The summed E-state index contributed by atoms with van der Waals surface area (Å²) in [5.74, 6) is -3.68. The molecule has 3 aromatic rings. The van der Waals surface area contributed by atoms with E-state index in [4.69, 9.17) is 0 Å². The number of aromatic nitrogens is 1. The topological polar surface area (TPSA) is 129 Å². The highest BCUT2D eigenvalue weighted by molar-refractivity contribution is 7.09. The third-order valence-electron chi connectivity index (χ3n) is 5.54. The zero-order valence-corrected chi connectivity index (χ0v) is 20.2. The normalized spacial score (nSPS) is 14.0. The molecule has 0 aliphatic carbocycles. The van der Waals surface area contributed by atoms with Crippen molar-refractivity contribution in [3.8, 4) is 0 Å². The number of carbonyl (C=O) groups excluding carboxylic acids is 5. The van der Waals surface area contributed by atoms with Gasteiger partial charge in [-0.15, -0.1) is 11.3 Å². The van der Waals surface area contributed by atoms with E-state index in [1.54, 1.807) is 41.9 Å². The Morgan fingerprint density at radius 2 is 1.78 bits per heavy atom. The number of halogens is 1. The largest absolute Gasteiger partial charge is 0.344 e. The summed E-state index contributed by atoms with van der Waals surface area (Å²) in [6.45, 7) is -0.901. The quantitative estimate of drug-likeness (QED) is 0.307. The van der Waals surface area contributed by atoms with Crippen molar-refractivity contribution in [3.05, 3.63) is 82.6 Å². The molecule has 12 heteroatoms. The Labute approximate surface area is 215 Å². The Balaban J connectivity index is 1.43. The molecule has 0 radical (unpaired) electrons. The van der Waals surface area contributed by atoms with E-state index in [-0.39, 0.29) is 19.5 Å². The zero-order chi connectivity index (χ0) is 26.4. The first-order valence-corrected chi connectivity index (χ1v) is 12.1. The average molecular weight is 524 g/mol. The van der Waals surface area contributed by atoms with Crippen molar-refractivity contribution in [2.24, 2.45) is 0 Å². The third-order valence-corrected chi connectivity index (χ3v) is 6.32. The molecule has 1 aliphatic heterocycles. The van der Waals surface area contributed by atoms with Crippen molar-refractivity contribution in [2.45, 2.75) is 19.0 Å². The smallest absolute Gasteiger partial charge is 0.332 e. The van der Waals surface area contributed by atoms with E-state index in [0.29, 0.717) is 16.3 Å². The predicted octanol–water partition coefficient (Wildman–Crippen LogP) is 1.66. The van der Waals surface area contributed by atoms with Gasteiger partial charge < -0.3 is 10.6 Å². The van der Waals surface area contributed by atoms with Gasteiger partial charge in [0.1, 0.15) is 30.0 Å². The number of benzene rings is 2. The second kappa shape index (κ2) is 11.5. The summed E-state index contributed by atoms with van der Waals surface area (Å²) in [5, 5.41) is 7.34. The zero-order valence-electron chi connectivity index (χ0n) is 19.4. The van der Waals surface area contributed by atoms with Gasteiger partial charge >= 0.3 is 6.03 Å². The van der Waals surface area contributed by atoms with Crippen molar-refractivity contribution in [3.63, 3.8) is 0 Å². The maximum absolute atomic E-state index is 13.2. The molecule has 0 saturated carbocycles. The van der Waals surface area contributed by atoms with Crippen LogP contribution >= 0.6 is 11.3 Å². The van der Waals surface area contributed by atoms with Gasteiger partial charge in [0.05, 0.1) is 6.54 Å². The SMILES string of the molecule is O=C(CN1C(=O)CN(c2ccc(F)cc2)C1=O)N[C@H](Cc1ccccc1)C(=O)C(=O)NCc1nccs1. The maximum Gasteiger partial charge on any atom is 0.332 e. The first-order chi connectivity index (χ1) is 17.8. The molecule has 2 aromatic carbocycles. The van der Waals surface area contributed by atoms with Crippen molar-refractivity contribution < 1.29 is 28.4 Å². The van der Waals surface area contributed by atoms with E-state index in [1.165, 1.54) is 23.5 Å². The van der Waals surface area contributed by atoms with E-state index in [0.717, 1.165) is 21.9 Å². The van der Waals surface area contributed by atoms with Crippen molar-refractivity contribution >= 4 is 46.6 Å². The van der Waals surface area contributed by atoms with Crippen LogP contribution < -0.4 is 15.5 Å². The lowest BCUT2D eigenvalue weighted by Crippen LogP contribution is -2.51. The number of hydrogen-bond donors (Lipinski definition) is 2. The molecule has 37 heavy (non-hydrogen) atoms. The fourth-order valence-corrected chi connectivity index (χ4v) is 4.26. The minimum Gasteiger partial charge on any atom is -0.344 e. The lowest BCUT2D eigenvalue weighted by molar-refractivity contribution is -0.140. The molecular formula is C25H22FN5O5S. The van der Waals surface area contributed by atoms with Crippen LogP contribution in [0.5, 0.6) is 0 Å². The van der Waals surface area contributed by atoms with Gasteiger partial charge in [-0.1, -0.05) is 30.3 Å². The predicted molar refractivity (Wildman–Crippen MR) is 132 cm³/mol. The lowest BCUT2D eigenvalue weighted by Gasteiger charge is -2.20. The molecule has 4 rings (SSSR count). The summed E-state index contributed by atoms with van der Waals surface area (Å²) in [7, 11) is 0. The maximum atomic E-state index is 13.2. The van der Waals surface area contributed by atoms with E-state index in [9.17, 15) is 28.4 Å². The first kappa shape index (κ1) is 25.6. The van der Waals surface area contributed by atoms with Gasteiger partial charge in [-0.25, -0.2) is 14.2 Å². The Kier molecular flexibility index (Phi) is 7.98. The van der Waals surface area contributed by atoms with Crippen LogP contribution in [-0.4, -0.2) is 58.6 Å². The summed E-state index contributed by atoms with van der Waals surface area (Å²) >= 11 is 1.32. The number of rotatable bonds is 10. The fourth-order valence-electron chi connectivity index (χ4n) is 3.70. The summed E-state index contributed by atoms with van der Waals surface area (Å²) in [6.07, 6.45) is 1.60. The molecule has 2 heterocycles. The van der Waals surface area contributed by atoms with Crippen molar-refractivity contribution in [1.82, 2.24) is 20.5 Å². The molecule has 1 aromatic heterocycles.